The van der Waals surface area contributed by atoms with Gasteiger partial charge < -0.3 is 20.1 Å². The van der Waals surface area contributed by atoms with E-state index in [4.69, 9.17) is 14.9 Å². The molecular weight excluding hydrogens is 492 g/mol. The molecule has 2 aromatic carbocycles. The molecule has 2 aromatic rings. The molecule has 1 fully saturated rings. The van der Waals surface area contributed by atoms with Crippen molar-refractivity contribution in [2.45, 2.75) is 82.5 Å². The number of guanidine groups is 1. The zero-order chi connectivity index (χ0) is 27.1. The number of nitrogens with zero attached hydrogens (tertiary/aromatic N) is 1. The Bertz CT molecular complexity index is 1330. The average Bonchev–Trinajstić information content (AvgIpc) is 2.94. The van der Waals surface area contributed by atoms with Gasteiger partial charge in [0.15, 0.2) is 5.96 Å². The molecule has 39 heavy (non-hydrogen) atoms. The maximum atomic E-state index is 13.6. The van der Waals surface area contributed by atoms with E-state index in [1.165, 1.54) is 0 Å². The van der Waals surface area contributed by atoms with E-state index in [-0.39, 0.29) is 36.0 Å². The lowest BCUT2D eigenvalue weighted by molar-refractivity contribution is -0.133. The third-order valence-corrected chi connectivity index (χ3v) is 8.71. The fraction of sp³-hybridized carbons (Fsp3) is 0.452. The first-order valence-electron chi connectivity index (χ1n) is 14.1. The molecule has 2 amide bonds. The van der Waals surface area contributed by atoms with Crippen LogP contribution in [0.4, 0.5) is 0 Å². The number of ether oxygens (including phenoxy) is 2. The van der Waals surface area contributed by atoms with Crippen LogP contribution in [0.1, 0.15) is 97.9 Å². The summed E-state index contributed by atoms with van der Waals surface area (Å²) in [5, 5.41) is 15.5. The van der Waals surface area contributed by atoms with Gasteiger partial charge in [0.25, 0.3) is 5.91 Å². The summed E-state index contributed by atoms with van der Waals surface area (Å²) in [5.74, 6) is 1.35. The van der Waals surface area contributed by atoms with Crippen LogP contribution in [-0.4, -0.2) is 40.9 Å². The predicted molar refractivity (Wildman–Crippen MR) is 149 cm³/mol. The smallest absolute Gasteiger partial charge is 0.251 e. The minimum absolute atomic E-state index is 0.0291. The molecule has 6 bridgehead atoms. The lowest BCUT2D eigenvalue weighted by Gasteiger charge is -2.46. The quantitative estimate of drug-likeness (QED) is 0.494. The normalized spacial score (nSPS) is 28.8. The van der Waals surface area contributed by atoms with Crippen LogP contribution < -0.4 is 20.1 Å². The van der Waals surface area contributed by atoms with Crippen LogP contribution in [0.25, 0.3) is 6.08 Å². The molecule has 3 N–H and O–H groups in total. The summed E-state index contributed by atoms with van der Waals surface area (Å²) < 4.78 is 12.1. The van der Waals surface area contributed by atoms with Crippen molar-refractivity contribution in [3.8, 4) is 11.5 Å². The van der Waals surface area contributed by atoms with Gasteiger partial charge in [0.2, 0.25) is 5.91 Å². The molecule has 0 spiro atoms. The second kappa shape index (κ2) is 10.1. The first-order valence-corrected chi connectivity index (χ1v) is 14.1. The summed E-state index contributed by atoms with van der Waals surface area (Å²) in [4.78, 5) is 28.8. The number of rotatable bonds is 2. The van der Waals surface area contributed by atoms with Crippen LogP contribution in [0.15, 0.2) is 42.5 Å². The summed E-state index contributed by atoms with van der Waals surface area (Å²) in [6.45, 7) is 4.61. The van der Waals surface area contributed by atoms with E-state index in [0.717, 1.165) is 48.1 Å². The van der Waals surface area contributed by atoms with Crippen LogP contribution >= 0.6 is 0 Å². The second-order valence-electron chi connectivity index (χ2n) is 11.1. The van der Waals surface area contributed by atoms with Gasteiger partial charge in [-0.25, -0.2) is 0 Å². The molecule has 0 unspecified atom stereocenters. The molecule has 1 saturated heterocycles. The molecule has 5 heterocycles. The Kier molecular flexibility index (Phi) is 6.57. The number of benzene rings is 2. The number of carbonyl (C=O) groups excluding carboxylic acids is 2. The molecule has 8 heteroatoms. The first kappa shape index (κ1) is 25.5. The molecule has 8 nitrogen and oxygen atoms in total. The third kappa shape index (κ3) is 4.66. The fourth-order valence-electron chi connectivity index (χ4n) is 6.39. The minimum Gasteiger partial charge on any atom is -0.493 e. The molecule has 0 saturated carbocycles. The van der Waals surface area contributed by atoms with Gasteiger partial charge in [0.05, 0.1) is 25.1 Å². The Hall–Kier alpha value is -3.81. The second-order valence-corrected chi connectivity index (χ2v) is 11.1. The Labute approximate surface area is 229 Å². The Morgan fingerprint density at radius 1 is 1.10 bits per heavy atom. The van der Waals surface area contributed by atoms with Gasteiger partial charge in [-0.1, -0.05) is 32.1 Å². The fourth-order valence-corrected chi connectivity index (χ4v) is 6.39. The Morgan fingerprint density at radius 3 is 2.74 bits per heavy atom. The predicted octanol–water partition coefficient (Wildman–Crippen LogP) is 5.25. The highest BCUT2D eigenvalue weighted by molar-refractivity contribution is 6.00. The number of hydrogen-bond donors (Lipinski definition) is 3. The number of nitrogens with one attached hydrogen (secondary N) is 3. The van der Waals surface area contributed by atoms with Gasteiger partial charge in [0.1, 0.15) is 17.6 Å². The molecule has 4 atom stereocenters. The van der Waals surface area contributed by atoms with Crippen LogP contribution in [-0.2, 0) is 4.79 Å². The van der Waals surface area contributed by atoms with Crippen molar-refractivity contribution in [1.29, 1.82) is 5.41 Å². The average molecular weight is 529 g/mol. The van der Waals surface area contributed by atoms with Crippen LogP contribution in [0.5, 0.6) is 11.5 Å². The van der Waals surface area contributed by atoms with E-state index in [2.05, 4.69) is 42.7 Å². The molecule has 0 aliphatic carbocycles. The van der Waals surface area contributed by atoms with E-state index in [0.29, 0.717) is 37.2 Å². The molecule has 7 rings (SSSR count). The van der Waals surface area contributed by atoms with Crippen molar-refractivity contribution in [2.24, 2.45) is 0 Å². The van der Waals surface area contributed by atoms with Gasteiger partial charge in [0, 0.05) is 35.1 Å². The van der Waals surface area contributed by atoms with Gasteiger partial charge in [-0.15, -0.1) is 0 Å². The summed E-state index contributed by atoms with van der Waals surface area (Å²) in [6.07, 6.45) is 8.96. The molecule has 5 aliphatic rings. The van der Waals surface area contributed by atoms with E-state index in [1.54, 1.807) is 11.0 Å². The van der Waals surface area contributed by atoms with E-state index < -0.39 is 5.54 Å². The van der Waals surface area contributed by atoms with Gasteiger partial charge in [-0.2, -0.15) is 0 Å². The summed E-state index contributed by atoms with van der Waals surface area (Å²) in [7, 11) is 0. The molecule has 0 radical (unpaired) electrons. The van der Waals surface area contributed by atoms with Crippen LogP contribution in [0.3, 0.4) is 0 Å². The zero-order valence-corrected chi connectivity index (χ0v) is 22.6. The third-order valence-electron chi connectivity index (χ3n) is 8.71. The Balaban J connectivity index is 1.44. The maximum Gasteiger partial charge on any atom is 0.251 e. The highest BCUT2D eigenvalue weighted by Crippen LogP contribution is 2.41. The van der Waals surface area contributed by atoms with Crippen molar-refractivity contribution >= 4 is 23.8 Å². The molecule has 5 aliphatic heterocycles. The summed E-state index contributed by atoms with van der Waals surface area (Å²) in [6, 6.07) is 11.0. The highest BCUT2D eigenvalue weighted by atomic mass is 16.5. The summed E-state index contributed by atoms with van der Waals surface area (Å²) >= 11 is 0. The van der Waals surface area contributed by atoms with Crippen molar-refractivity contribution in [2.75, 3.05) is 6.61 Å². The number of hydrogen-bond acceptors (Lipinski definition) is 5. The maximum absolute atomic E-state index is 13.6. The van der Waals surface area contributed by atoms with E-state index in [1.807, 2.05) is 24.3 Å². The topological polar surface area (TPSA) is 104 Å². The Morgan fingerprint density at radius 2 is 1.95 bits per heavy atom. The van der Waals surface area contributed by atoms with Crippen LogP contribution in [0, 0.1) is 5.41 Å². The minimum atomic E-state index is -0.458. The number of fused-ring (bicyclic) bond motifs is 5. The molecular formula is C31H36N4O4. The van der Waals surface area contributed by atoms with Gasteiger partial charge in [-0.05, 0) is 61.6 Å². The first-order chi connectivity index (χ1) is 18.9. The SMILES string of the molecule is CC[C@H]1C[C@@H]2NC(=O)c3ccc4c(c3)[C@@H](CCO4)N3C(=N)N[C@](CC)(CC/C=C/c4ccc(c2c4)O1)CC3=O. The van der Waals surface area contributed by atoms with Crippen molar-refractivity contribution in [3.63, 3.8) is 0 Å². The van der Waals surface area contributed by atoms with Gasteiger partial charge in [-0.3, -0.25) is 19.9 Å². The van der Waals surface area contributed by atoms with E-state index in [9.17, 15) is 9.59 Å². The monoisotopic (exact) mass is 528 g/mol. The van der Waals surface area contributed by atoms with Crippen LogP contribution in [0.2, 0.25) is 0 Å². The lowest BCUT2D eigenvalue weighted by Crippen LogP contribution is -2.63. The molecule has 0 aromatic heterocycles. The van der Waals surface area contributed by atoms with Crippen molar-refractivity contribution in [3.05, 3.63) is 64.7 Å². The highest BCUT2D eigenvalue weighted by Gasteiger charge is 2.44. The standard InChI is InChI=1S/C31H36N4O4/c1-3-21-17-24-22-15-19(8-10-27(22)39-21)7-5-6-13-31(4-2)18-28(36)35(30(32)34-31)25-12-14-38-26-11-9-20(16-23(25)26)29(37)33-24/h5,7-11,15-16,21,24-25H,3-4,6,12-14,17-18H2,1-2H3,(H2,32,34)(H,33,37)/b7-5+/t21-,24-,25+,31+/m0/s1. The van der Waals surface area contributed by atoms with E-state index >= 15 is 0 Å². The van der Waals surface area contributed by atoms with Crippen molar-refractivity contribution < 1.29 is 19.1 Å². The summed E-state index contributed by atoms with van der Waals surface area (Å²) in [5.41, 5.74) is 2.85. The largest absolute Gasteiger partial charge is 0.493 e. The van der Waals surface area contributed by atoms with Crippen molar-refractivity contribution in [1.82, 2.24) is 15.5 Å². The zero-order valence-electron chi connectivity index (χ0n) is 22.6. The number of carbonyl (C=O) groups is 2. The van der Waals surface area contributed by atoms with Gasteiger partial charge >= 0.3 is 0 Å². The lowest BCUT2D eigenvalue weighted by atomic mass is 9.83. The number of amides is 2. The number of allylic oxidation sites excluding steroid dienone is 1. The molecule has 204 valence electrons.